The highest BCUT2D eigenvalue weighted by Gasteiger charge is 2.40. The Balaban J connectivity index is 0.00000256. The molecule has 1 saturated carbocycles. The average molecular weight is 435 g/mol. The summed E-state index contributed by atoms with van der Waals surface area (Å²) in [5, 5.41) is 5.39. The van der Waals surface area contributed by atoms with Crippen molar-refractivity contribution in [2.75, 3.05) is 6.54 Å². The predicted molar refractivity (Wildman–Crippen MR) is 112 cm³/mol. The van der Waals surface area contributed by atoms with Gasteiger partial charge in [0, 0.05) is 30.1 Å². The van der Waals surface area contributed by atoms with E-state index in [9.17, 15) is 19.2 Å². The summed E-state index contributed by atoms with van der Waals surface area (Å²) < 4.78 is 0. The van der Waals surface area contributed by atoms with Gasteiger partial charge in [-0.1, -0.05) is 6.07 Å². The average Bonchev–Trinajstić information content (AvgIpc) is 3.05. The van der Waals surface area contributed by atoms with Gasteiger partial charge in [-0.05, 0) is 62.3 Å². The molecule has 1 aromatic carbocycles. The van der Waals surface area contributed by atoms with E-state index in [1.807, 2.05) is 0 Å². The summed E-state index contributed by atoms with van der Waals surface area (Å²) in [6, 6.07) is 4.54. The summed E-state index contributed by atoms with van der Waals surface area (Å²) in [5.41, 5.74) is 7.32. The third-order valence-corrected chi connectivity index (χ3v) is 6.34. The maximum Gasteiger partial charge on any atom is 0.255 e. The van der Waals surface area contributed by atoms with Gasteiger partial charge in [-0.15, -0.1) is 12.4 Å². The molecule has 0 radical (unpaired) electrons. The van der Waals surface area contributed by atoms with Crippen LogP contribution in [0.1, 0.15) is 64.8 Å². The third kappa shape index (κ3) is 4.20. The zero-order valence-electron chi connectivity index (χ0n) is 16.7. The van der Waals surface area contributed by atoms with Gasteiger partial charge in [0.15, 0.2) is 0 Å². The van der Waals surface area contributed by atoms with E-state index in [1.165, 1.54) is 4.90 Å². The standard InChI is InChI=1S/C21H26N4O4.ClH/c22-10-12-4-6-13(7-5-12)23-19(27)14-2-1-3-15-16(14)11-25(21(15)29)17-8-9-18(26)24-20(17)28;/h1-3,12-13,17H,4-11,22H2,(H,23,27)(H,24,26,28);1H. The topological polar surface area (TPSA) is 122 Å². The molecular weight excluding hydrogens is 408 g/mol. The maximum absolute atomic E-state index is 12.9. The van der Waals surface area contributed by atoms with Crippen molar-refractivity contribution < 1.29 is 19.2 Å². The molecule has 1 saturated heterocycles. The fourth-order valence-electron chi connectivity index (χ4n) is 4.60. The van der Waals surface area contributed by atoms with Gasteiger partial charge in [0.05, 0.1) is 0 Å². The van der Waals surface area contributed by atoms with Gasteiger partial charge in [0.2, 0.25) is 11.8 Å². The summed E-state index contributed by atoms with van der Waals surface area (Å²) in [7, 11) is 0. The Hall–Kier alpha value is -2.45. The summed E-state index contributed by atoms with van der Waals surface area (Å²) >= 11 is 0. The number of piperidine rings is 1. The summed E-state index contributed by atoms with van der Waals surface area (Å²) in [6.45, 7) is 0.884. The molecule has 0 bridgehead atoms. The van der Waals surface area contributed by atoms with Crippen LogP contribution < -0.4 is 16.4 Å². The van der Waals surface area contributed by atoms with E-state index in [-0.39, 0.29) is 49.1 Å². The first-order valence-electron chi connectivity index (χ1n) is 10.3. The lowest BCUT2D eigenvalue weighted by Crippen LogP contribution is -2.52. The van der Waals surface area contributed by atoms with Crippen LogP contribution in [0, 0.1) is 5.92 Å². The molecule has 0 spiro atoms. The molecule has 162 valence electrons. The number of amides is 4. The minimum absolute atomic E-state index is 0. The zero-order valence-corrected chi connectivity index (χ0v) is 17.5. The van der Waals surface area contributed by atoms with Crippen LogP contribution in [0.25, 0.3) is 0 Å². The van der Waals surface area contributed by atoms with Gasteiger partial charge in [0.1, 0.15) is 6.04 Å². The van der Waals surface area contributed by atoms with Gasteiger partial charge >= 0.3 is 0 Å². The molecule has 9 heteroatoms. The number of fused-ring (bicyclic) bond motifs is 1. The number of hydrogen-bond acceptors (Lipinski definition) is 5. The van der Waals surface area contributed by atoms with Crippen LogP contribution in [0.3, 0.4) is 0 Å². The number of carbonyl (C=O) groups excluding carboxylic acids is 4. The van der Waals surface area contributed by atoms with Gasteiger partial charge in [-0.3, -0.25) is 24.5 Å². The van der Waals surface area contributed by atoms with Crippen molar-refractivity contribution in [1.82, 2.24) is 15.5 Å². The van der Waals surface area contributed by atoms with Crippen molar-refractivity contribution in [3.05, 3.63) is 34.9 Å². The van der Waals surface area contributed by atoms with E-state index in [1.54, 1.807) is 18.2 Å². The SMILES string of the molecule is Cl.NCC1CCC(NC(=O)c2cccc3c2CN(C2CCC(=O)NC2=O)C3=O)CC1. The van der Waals surface area contributed by atoms with Gasteiger partial charge in [-0.25, -0.2) is 0 Å². The number of nitrogens with two attached hydrogens (primary N) is 1. The van der Waals surface area contributed by atoms with Crippen molar-refractivity contribution in [3.63, 3.8) is 0 Å². The molecular formula is C21H27ClN4O4. The number of hydrogen-bond donors (Lipinski definition) is 3. The highest BCUT2D eigenvalue weighted by atomic mass is 35.5. The number of halogens is 1. The lowest BCUT2D eigenvalue weighted by Gasteiger charge is -2.29. The lowest BCUT2D eigenvalue weighted by atomic mass is 9.86. The van der Waals surface area contributed by atoms with E-state index in [4.69, 9.17) is 5.73 Å². The van der Waals surface area contributed by atoms with Crippen molar-refractivity contribution in [2.45, 2.75) is 57.2 Å². The van der Waals surface area contributed by atoms with Crippen LogP contribution in [0.5, 0.6) is 0 Å². The Bertz CT molecular complexity index is 867. The van der Waals surface area contributed by atoms with Crippen LogP contribution >= 0.6 is 12.4 Å². The van der Waals surface area contributed by atoms with Crippen LogP contribution in [0.15, 0.2) is 18.2 Å². The third-order valence-electron chi connectivity index (χ3n) is 6.34. The van der Waals surface area contributed by atoms with E-state index >= 15 is 0 Å². The second kappa shape index (κ2) is 9.14. The summed E-state index contributed by atoms with van der Waals surface area (Å²) in [4.78, 5) is 50.9. The Morgan fingerprint density at radius 3 is 2.53 bits per heavy atom. The number of imide groups is 1. The lowest BCUT2D eigenvalue weighted by molar-refractivity contribution is -0.136. The Kier molecular flexibility index (Phi) is 6.77. The van der Waals surface area contributed by atoms with Crippen LogP contribution in [0.4, 0.5) is 0 Å². The second-order valence-corrected chi connectivity index (χ2v) is 8.16. The first-order valence-corrected chi connectivity index (χ1v) is 10.3. The minimum atomic E-state index is -0.685. The van der Waals surface area contributed by atoms with E-state index in [2.05, 4.69) is 10.6 Å². The van der Waals surface area contributed by atoms with Crippen molar-refractivity contribution in [2.24, 2.45) is 11.7 Å². The maximum atomic E-state index is 12.9. The smallest absolute Gasteiger partial charge is 0.255 e. The quantitative estimate of drug-likeness (QED) is 0.613. The Labute approximate surface area is 181 Å². The second-order valence-electron chi connectivity index (χ2n) is 8.16. The summed E-state index contributed by atoms with van der Waals surface area (Å²) in [6.07, 6.45) is 4.34. The molecule has 30 heavy (non-hydrogen) atoms. The molecule has 4 N–H and O–H groups in total. The zero-order chi connectivity index (χ0) is 20.5. The monoisotopic (exact) mass is 434 g/mol. The Morgan fingerprint density at radius 2 is 1.87 bits per heavy atom. The molecule has 1 unspecified atom stereocenters. The molecule has 8 nitrogen and oxygen atoms in total. The van der Waals surface area contributed by atoms with E-state index in [0.717, 1.165) is 25.7 Å². The van der Waals surface area contributed by atoms with E-state index in [0.29, 0.717) is 35.6 Å². The number of benzene rings is 1. The highest BCUT2D eigenvalue weighted by Crippen LogP contribution is 2.30. The molecule has 2 heterocycles. The van der Waals surface area contributed by atoms with Crippen LogP contribution in [-0.2, 0) is 16.1 Å². The minimum Gasteiger partial charge on any atom is -0.349 e. The number of nitrogens with one attached hydrogen (secondary N) is 2. The molecule has 1 atom stereocenters. The molecule has 1 aliphatic carbocycles. The van der Waals surface area contributed by atoms with Crippen molar-refractivity contribution in [1.29, 1.82) is 0 Å². The number of carbonyl (C=O) groups is 4. The first kappa shape index (κ1) is 22.2. The molecule has 2 fully saturated rings. The summed E-state index contributed by atoms with van der Waals surface area (Å²) in [5.74, 6) is -0.697. The van der Waals surface area contributed by atoms with Crippen LogP contribution in [-0.4, -0.2) is 47.2 Å². The molecule has 4 amide bonds. The van der Waals surface area contributed by atoms with Gasteiger partial charge in [0.25, 0.3) is 11.8 Å². The first-order chi connectivity index (χ1) is 14.0. The van der Waals surface area contributed by atoms with Gasteiger partial charge in [-0.2, -0.15) is 0 Å². The fraction of sp³-hybridized carbons (Fsp3) is 0.524. The van der Waals surface area contributed by atoms with E-state index < -0.39 is 11.9 Å². The molecule has 0 aromatic heterocycles. The molecule has 1 aromatic rings. The highest BCUT2D eigenvalue weighted by molar-refractivity contribution is 6.07. The Morgan fingerprint density at radius 1 is 1.13 bits per heavy atom. The van der Waals surface area contributed by atoms with Crippen LogP contribution in [0.2, 0.25) is 0 Å². The fourth-order valence-corrected chi connectivity index (χ4v) is 4.60. The van der Waals surface area contributed by atoms with Gasteiger partial charge < -0.3 is 16.0 Å². The largest absolute Gasteiger partial charge is 0.349 e. The molecule has 2 aliphatic heterocycles. The number of rotatable bonds is 4. The predicted octanol–water partition coefficient (Wildman–Crippen LogP) is 1.12. The van der Waals surface area contributed by atoms with Crippen molar-refractivity contribution >= 4 is 36.0 Å². The molecule has 3 aliphatic rings. The number of nitrogens with zero attached hydrogens (tertiary/aromatic N) is 1. The van der Waals surface area contributed by atoms with Crippen molar-refractivity contribution in [3.8, 4) is 0 Å². The molecule has 4 rings (SSSR count). The normalized spacial score (nSPS) is 26.0.